The van der Waals surface area contributed by atoms with Gasteiger partial charge < -0.3 is 9.80 Å². The first-order valence-electron chi connectivity index (χ1n) is 5.28. The number of likely N-dealkylation sites (N-methyl/N-ethyl adjacent to an activating group) is 1. The monoisotopic (exact) mass is 199 g/mol. The van der Waals surface area contributed by atoms with Crippen molar-refractivity contribution in [2.75, 3.05) is 39.8 Å². The van der Waals surface area contributed by atoms with Crippen LogP contribution >= 0.6 is 0 Å². The average molecular weight is 199 g/mol. The number of nitrogens with zero attached hydrogens (tertiary/aromatic N) is 2. The zero-order valence-electron chi connectivity index (χ0n) is 8.87. The number of amides is 1. The molecule has 1 saturated heterocycles. The van der Waals surface area contributed by atoms with Crippen molar-refractivity contribution in [2.24, 2.45) is 0 Å². The molecule has 1 radical (unpaired) electrons. The number of carbonyl (C=O) groups excluding carboxylic acids is 1. The van der Waals surface area contributed by atoms with E-state index in [2.05, 4.69) is 11.9 Å². The number of rotatable bonds is 4. The zero-order valence-corrected chi connectivity index (χ0v) is 8.87. The summed E-state index contributed by atoms with van der Waals surface area (Å²) in [6, 6.07) is 0. The van der Waals surface area contributed by atoms with Gasteiger partial charge >= 0.3 is 0 Å². The topological polar surface area (TPSA) is 43.5 Å². The largest absolute Gasteiger partial charge is 0.340 e. The molecule has 0 atom stereocenters. The van der Waals surface area contributed by atoms with Crippen molar-refractivity contribution >= 4 is 5.91 Å². The van der Waals surface area contributed by atoms with Gasteiger partial charge in [0, 0.05) is 32.6 Å². The van der Waals surface area contributed by atoms with Gasteiger partial charge in [-0.3, -0.25) is 4.79 Å². The van der Waals surface area contributed by atoms with Crippen LogP contribution in [-0.2, 0) is 9.90 Å². The molecule has 1 aliphatic heterocycles. The summed E-state index contributed by atoms with van der Waals surface area (Å²) in [7, 11) is 2.07. The van der Waals surface area contributed by atoms with Crippen LogP contribution in [-0.4, -0.2) is 55.5 Å². The molecule has 14 heavy (non-hydrogen) atoms. The van der Waals surface area contributed by atoms with E-state index in [4.69, 9.17) is 0 Å². The normalized spacial score (nSPS) is 18.6. The first kappa shape index (κ1) is 11.5. The predicted octanol–water partition coefficient (Wildman–Crippen LogP) is 0.361. The van der Waals surface area contributed by atoms with E-state index in [-0.39, 0.29) is 12.5 Å². The van der Waals surface area contributed by atoms with Crippen LogP contribution in [0.15, 0.2) is 0 Å². The molecule has 1 heterocycles. The van der Waals surface area contributed by atoms with E-state index < -0.39 is 0 Å². The minimum atomic E-state index is -0.0595. The Morgan fingerprint density at radius 1 is 1.14 bits per heavy atom. The van der Waals surface area contributed by atoms with E-state index in [1.54, 1.807) is 0 Å². The van der Waals surface area contributed by atoms with Gasteiger partial charge in [0.2, 0.25) is 5.91 Å². The number of hydrogen-bond acceptors (Lipinski definition) is 2. The van der Waals surface area contributed by atoms with Crippen LogP contribution in [0, 0.1) is 0 Å². The second-order valence-electron chi connectivity index (χ2n) is 3.85. The van der Waals surface area contributed by atoms with Crippen molar-refractivity contribution in [1.29, 1.82) is 0 Å². The highest BCUT2D eigenvalue weighted by Crippen LogP contribution is 2.04. The summed E-state index contributed by atoms with van der Waals surface area (Å²) in [5.74, 6) is 0.214. The lowest BCUT2D eigenvalue weighted by Crippen LogP contribution is -2.47. The molecule has 0 aromatic carbocycles. The third-order valence-corrected chi connectivity index (χ3v) is 2.64. The zero-order chi connectivity index (χ0) is 10.4. The maximum Gasteiger partial charge on any atom is 0.222 e. The molecule has 0 aliphatic carbocycles. The van der Waals surface area contributed by atoms with Crippen LogP contribution in [0.5, 0.6) is 0 Å². The number of hydrogen-bond donors (Lipinski definition) is 0. The van der Waals surface area contributed by atoms with Crippen LogP contribution < -0.4 is 0 Å². The maximum absolute atomic E-state index is 11.6. The van der Waals surface area contributed by atoms with Crippen LogP contribution in [0.2, 0.25) is 0 Å². The van der Waals surface area contributed by atoms with Crippen LogP contribution in [0.1, 0.15) is 19.3 Å². The Morgan fingerprint density at radius 3 is 2.36 bits per heavy atom. The molecule has 1 aliphatic rings. The third kappa shape index (κ3) is 3.64. The number of carbonyl (C=O) groups is 1. The standard InChI is InChI=1S/C10H19N2O2/c1-11-5-7-12(8-6-11)10(14)4-2-3-9-13/h2-9H2,1H3. The molecule has 0 saturated carbocycles. The summed E-state index contributed by atoms with van der Waals surface area (Å²) in [6.45, 7) is 3.55. The van der Waals surface area contributed by atoms with E-state index in [1.807, 2.05) is 4.90 Å². The minimum Gasteiger partial charge on any atom is -0.340 e. The van der Waals surface area contributed by atoms with E-state index in [0.29, 0.717) is 12.8 Å². The van der Waals surface area contributed by atoms with Crippen LogP contribution in [0.25, 0.3) is 0 Å². The minimum absolute atomic E-state index is 0.0595. The molecule has 0 spiro atoms. The van der Waals surface area contributed by atoms with E-state index in [9.17, 15) is 9.90 Å². The van der Waals surface area contributed by atoms with Gasteiger partial charge in [-0.2, -0.15) is 0 Å². The van der Waals surface area contributed by atoms with E-state index in [0.717, 1.165) is 32.6 Å². The molecule has 0 aromatic heterocycles. The van der Waals surface area contributed by atoms with Crippen LogP contribution in [0.4, 0.5) is 0 Å². The van der Waals surface area contributed by atoms with Gasteiger partial charge in [0.15, 0.2) is 0 Å². The highest BCUT2D eigenvalue weighted by molar-refractivity contribution is 5.76. The molecule has 1 rings (SSSR count). The van der Waals surface area contributed by atoms with Crippen LogP contribution in [0.3, 0.4) is 0 Å². The molecule has 4 heteroatoms. The Balaban J connectivity index is 2.17. The van der Waals surface area contributed by atoms with Gasteiger partial charge in [0.1, 0.15) is 0 Å². The summed E-state index contributed by atoms with van der Waals surface area (Å²) in [5.41, 5.74) is 0. The Kier molecular flexibility index (Phi) is 4.90. The molecule has 4 nitrogen and oxygen atoms in total. The summed E-state index contributed by atoms with van der Waals surface area (Å²) in [6.07, 6.45) is 1.92. The molecule has 81 valence electrons. The van der Waals surface area contributed by atoms with Gasteiger partial charge in [-0.1, -0.05) is 0 Å². The summed E-state index contributed by atoms with van der Waals surface area (Å²) >= 11 is 0. The summed E-state index contributed by atoms with van der Waals surface area (Å²) < 4.78 is 0. The van der Waals surface area contributed by atoms with E-state index >= 15 is 0 Å². The lowest BCUT2D eigenvalue weighted by molar-refractivity contribution is -0.132. The Hall–Kier alpha value is -0.610. The van der Waals surface area contributed by atoms with Gasteiger partial charge in [-0.15, -0.1) is 0 Å². The fourth-order valence-electron chi connectivity index (χ4n) is 1.59. The van der Waals surface area contributed by atoms with Gasteiger partial charge in [0.25, 0.3) is 0 Å². The quantitative estimate of drug-likeness (QED) is 0.614. The maximum atomic E-state index is 11.6. The van der Waals surface area contributed by atoms with Crippen molar-refractivity contribution in [2.45, 2.75) is 19.3 Å². The Labute approximate surface area is 85.5 Å². The fraction of sp³-hybridized carbons (Fsp3) is 0.900. The molecule has 1 fully saturated rings. The van der Waals surface area contributed by atoms with Gasteiger partial charge in [-0.25, -0.2) is 5.11 Å². The highest BCUT2D eigenvalue weighted by Gasteiger charge is 2.17. The van der Waals surface area contributed by atoms with Crippen molar-refractivity contribution in [3.8, 4) is 0 Å². The summed E-state index contributed by atoms with van der Waals surface area (Å²) in [5, 5.41) is 10.2. The SMILES string of the molecule is CN1CCN(C(=O)CCCC[O])CC1. The molecule has 0 bridgehead atoms. The number of piperazine rings is 1. The van der Waals surface area contributed by atoms with Crippen molar-refractivity contribution in [3.05, 3.63) is 0 Å². The van der Waals surface area contributed by atoms with Gasteiger partial charge in [-0.05, 0) is 19.9 Å². The lowest BCUT2D eigenvalue weighted by atomic mass is 10.2. The molecule has 1 amide bonds. The Bertz CT molecular complexity index is 177. The van der Waals surface area contributed by atoms with Crippen molar-refractivity contribution in [3.63, 3.8) is 0 Å². The lowest BCUT2D eigenvalue weighted by Gasteiger charge is -2.32. The van der Waals surface area contributed by atoms with Crippen molar-refractivity contribution in [1.82, 2.24) is 9.80 Å². The first-order valence-corrected chi connectivity index (χ1v) is 5.28. The van der Waals surface area contributed by atoms with Crippen molar-refractivity contribution < 1.29 is 9.90 Å². The average Bonchev–Trinajstić information content (AvgIpc) is 2.19. The Morgan fingerprint density at radius 2 is 1.79 bits per heavy atom. The predicted molar refractivity (Wildman–Crippen MR) is 53.5 cm³/mol. The fourth-order valence-corrected chi connectivity index (χ4v) is 1.59. The smallest absolute Gasteiger partial charge is 0.222 e. The molecular weight excluding hydrogens is 180 g/mol. The second kappa shape index (κ2) is 5.98. The molecular formula is C10H19N2O2. The van der Waals surface area contributed by atoms with E-state index in [1.165, 1.54) is 0 Å². The number of unbranched alkanes of at least 4 members (excludes halogenated alkanes) is 1. The highest BCUT2D eigenvalue weighted by atomic mass is 16.3. The second-order valence-corrected chi connectivity index (χ2v) is 3.85. The molecule has 0 aromatic rings. The molecule has 0 N–H and O–H groups in total. The summed E-state index contributed by atoms with van der Waals surface area (Å²) in [4.78, 5) is 15.7. The third-order valence-electron chi connectivity index (χ3n) is 2.64. The molecule has 0 unspecified atom stereocenters. The first-order chi connectivity index (χ1) is 6.74. The van der Waals surface area contributed by atoms with Gasteiger partial charge in [0.05, 0.1) is 6.61 Å².